The zero-order valence-electron chi connectivity index (χ0n) is 14.6. The third kappa shape index (κ3) is 4.02. The number of nitrogens with zero attached hydrogens (tertiary/aromatic N) is 4. The fraction of sp³-hybridized carbons (Fsp3) is 0.278. The lowest BCUT2D eigenvalue weighted by Gasteiger charge is -2.18. The lowest BCUT2D eigenvalue weighted by molar-refractivity contribution is -0.128. The Balaban J connectivity index is 1.76. The normalized spacial score (nSPS) is 18.9. The van der Waals surface area contributed by atoms with E-state index < -0.39 is 11.5 Å². The Morgan fingerprint density at radius 1 is 1.33 bits per heavy atom. The Morgan fingerprint density at radius 3 is 2.70 bits per heavy atom. The van der Waals surface area contributed by atoms with Crippen molar-refractivity contribution < 1.29 is 14.7 Å². The average molecular weight is 366 g/mol. The standard InChI is InChI=1S/C18H18N6O3/c1-12(25)22-10-13-2-5-20-15(8-13)23-16-9-14(3-6-21-16)24-7-4-18(27,11-19)17(24)26/h2-3,5-6,8-9,27H,4,7,10H2,1H3,(H,22,25)(H,20,21,23)/t18-/m0/s1. The highest BCUT2D eigenvalue weighted by Gasteiger charge is 2.46. The molecule has 2 aromatic rings. The molecule has 0 aliphatic carbocycles. The molecule has 1 aliphatic rings. The summed E-state index contributed by atoms with van der Waals surface area (Å²) in [5, 5.41) is 24.8. The first-order valence-electron chi connectivity index (χ1n) is 8.29. The van der Waals surface area contributed by atoms with Gasteiger partial charge in [0.25, 0.3) is 5.91 Å². The summed E-state index contributed by atoms with van der Waals surface area (Å²) < 4.78 is 0. The van der Waals surface area contributed by atoms with Crippen LogP contribution in [0.2, 0.25) is 0 Å². The molecule has 3 rings (SSSR count). The Bertz CT molecular complexity index is 925. The molecule has 1 saturated heterocycles. The van der Waals surface area contributed by atoms with Gasteiger partial charge in [-0.25, -0.2) is 9.97 Å². The third-order valence-corrected chi connectivity index (χ3v) is 4.16. The number of aliphatic hydroxyl groups is 1. The van der Waals surface area contributed by atoms with Crippen LogP contribution in [0.5, 0.6) is 0 Å². The van der Waals surface area contributed by atoms with Gasteiger partial charge in [0.15, 0.2) is 0 Å². The van der Waals surface area contributed by atoms with E-state index in [2.05, 4.69) is 20.6 Å². The van der Waals surface area contributed by atoms with Crippen molar-refractivity contribution >= 4 is 29.1 Å². The minimum atomic E-state index is -1.98. The molecule has 0 aromatic carbocycles. The van der Waals surface area contributed by atoms with Crippen molar-refractivity contribution in [1.82, 2.24) is 15.3 Å². The molecular weight excluding hydrogens is 348 g/mol. The number of hydrogen-bond acceptors (Lipinski definition) is 7. The lowest BCUT2D eigenvalue weighted by Crippen LogP contribution is -2.38. The van der Waals surface area contributed by atoms with Gasteiger partial charge in [-0.1, -0.05) is 0 Å². The van der Waals surface area contributed by atoms with Crippen molar-refractivity contribution in [3.63, 3.8) is 0 Å². The topological polar surface area (TPSA) is 131 Å². The van der Waals surface area contributed by atoms with E-state index in [1.807, 2.05) is 0 Å². The van der Waals surface area contributed by atoms with E-state index in [4.69, 9.17) is 5.26 Å². The number of pyridine rings is 2. The fourth-order valence-corrected chi connectivity index (χ4v) is 2.72. The number of amides is 2. The van der Waals surface area contributed by atoms with E-state index in [0.717, 1.165) is 5.56 Å². The van der Waals surface area contributed by atoms with Gasteiger partial charge < -0.3 is 20.6 Å². The summed E-state index contributed by atoms with van der Waals surface area (Å²) in [6.07, 6.45) is 3.19. The number of hydrogen-bond donors (Lipinski definition) is 3. The number of aromatic nitrogens is 2. The van der Waals surface area contributed by atoms with Crippen molar-refractivity contribution in [3.05, 3.63) is 42.2 Å². The van der Waals surface area contributed by atoms with Crippen LogP contribution in [-0.4, -0.2) is 39.0 Å². The molecule has 0 saturated carbocycles. The molecule has 0 unspecified atom stereocenters. The molecular formula is C18H18N6O3. The predicted octanol–water partition coefficient (Wildman–Crippen LogP) is 0.848. The van der Waals surface area contributed by atoms with Crippen LogP contribution >= 0.6 is 0 Å². The van der Waals surface area contributed by atoms with Crippen molar-refractivity contribution in [2.45, 2.75) is 25.5 Å². The Kier molecular flexibility index (Phi) is 5.00. The van der Waals surface area contributed by atoms with Gasteiger partial charge in [0, 0.05) is 50.6 Å². The van der Waals surface area contributed by atoms with Crippen molar-refractivity contribution in [1.29, 1.82) is 5.26 Å². The molecule has 0 spiro atoms. The smallest absolute Gasteiger partial charge is 0.273 e. The summed E-state index contributed by atoms with van der Waals surface area (Å²) >= 11 is 0. The molecule has 2 aromatic heterocycles. The van der Waals surface area contributed by atoms with Crippen molar-refractivity contribution in [3.8, 4) is 6.07 Å². The molecule has 1 atom stereocenters. The monoisotopic (exact) mass is 366 g/mol. The first-order valence-corrected chi connectivity index (χ1v) is 8.29. The van der Waals surface area contributed by atoms with Crippen LogP contribution in [-0.2, 0) is 16.1 Å². The zero-order valence-corrected chi connectivity index (χ0v) is 14.6. The minimum absolute atomic E-state index is 0.0557. The maximum atomic E-state index is 12.3. The van der Waals surface area contributed by atoms with Crippen LogP contribution in [0.3, 0.4) is 0 Å². The average Bonchev–Trinajstić information content (AvgIpc) is 2.96. The van der Waals surface area contributed by atoms with Gasteiger partial charge in [-0.15, -0.1) is 0 Å². The Hall–Kier alpha value is -3.51. The maximum Gasteiger partial charge on any atom is 0.273 e. The van der Waals surface area contributed by atoms with E-state index in [0.29, 0.717) is 23.9 Å². The molecule has 3 heterocycles. The van der Waals surface area contributed by atoms with Crippen LogP contribution in [0.15, 0.2) is 36.7 Å². The van der Waals surface area contributed by atoms with Crippen molar-refractivity contribution in [2.24, 2.45) is 0 Å². The van der Waals surface area contributed by atoms with Crippen LogP contribution in [0.25, 0.3) is 0 Å². The number of nitrogens with one attached hydrogen (secondary N) is 2. The van der Waals surface area contributed by atoms with Gasteiger partial charge in [0.05, 0.1) is 0 Å². The van der Waals surface area contributed by atoms with E-state index in [1.165, 1.54) is 18.0 Å². The molecule has 9 heteroatoms. The highest BCUT2D eigenvalue weighted by molar-refractivity contribution is 6.03. The molecule has 27 heavy (non-hydrogen) atoms. The second kappa shape index (κ2) is 7.39. The second-order valence-corrected chi connectivity index (χ2v) is 6.16. The fourth-order valence-electron chi connectivity index (χ4n) is 2.72. The van der Waals surface area contributed by atoms with E-state index in [-0.39, 0.29) is 18.9 Å². The number of nitriles is 1. The summed E-state index contributed by atoms with van der Waals surface area (Å²) in [6, 6.07) is 8.50. The molecule has 0 bridgehead atoms. The van der Waals surface area contributed by atoms with Crippen molar-refractivity contribution in [2.75, 3.05) is 16.8 Å². The molecule has 3 N–H and O–H groups in total. The zero-order chi connectivity index (χ0) is 19.4. The Labute approximate surface area is 155 Å². The van der Waals surface area contributed by atoms with Gasteiger partial charge in [-0.3, -0.25) is 9.59 Å². The quantitative estimate of drug-likeness (QED) is 0.668. The van der Waals surface area contributed by atoms with E-state index in [9.17, 15) is 14.7 Å². The summed E-state index contributed by atoms with van der Waals surface area (Å²) in [4.78, 5) is 33.1. The SMILES string of the molecule is CC(=O)NCc1ccnc(Nc2cc(N3CC[C@](O)(C#N)C3=O)ccn2)c1. The molecule has 2 amide bonds. The first-order chi connectivity index (χ1) is 12.9. The van der Waals surface area contributed by atoms with Gasteiger partial charge in [-0.05, 0) is 23.8 Å². The summed E-state index contributed by atoms with van der Waals surface area (Å²) in [7, 11) is 0. The summed E-state index contributed by atoms with van der Waals surface area (Å²) in [5.74, 6) is 0.224. The summed E-state index contributed by atoms with van der Waals surface area (Å²) in [5.41, 5.74) is -0.582. The second-order valence-electron chi connectivity index (χ2n) is 6.16. The third-order valence-electron chi connectivity index (χ3n) is 4.16. The molecule has 9 nitrogen and oxygen atoms in total. The van der Waals surface area contributed by atoms with Crippen LogP contribution in [0.1, 0.15) is 18.9 Å². The van der Waals surface area contributed by atoms with Crippen LogP contribution in [0, 0.1) is 11.3 Å². The number of anilines is 3. The highest BCUT2D eigenvalue weighted by Crippen LogP contribution is 2.29. The number of carbonyl (C=O) groups is 2. The molecule has 0 radical (unpaired) electrons. The Morgan fingerprint density at radius 2 is 2.04 bits per heavy atom. The molecule has 1 aliphatic heterocycles. The van der Waals surface area contributed by atoms with E-state index in [1.54, 1.807) is 36.5 Å². The summed E-state index contributed by atoms with van der Waals surface area (Å²) in [6.45, 7) is 2.08. The van der Waals surface area contributed by atoms with Gasteiger partial charge in [-0.2, -0.15) is 5.26 Å². The number of carbonyl (C=O) groups excluding carboxylic acids is 2. The van der Waals surface area contributed by atoms with E-state index >= 15 is 0 Å². The van der Waals surface area contributed by atoms with Crippen LogP contribution in [0.4, 0.5) is 17.3 Å². The molecule has 1 fully saturated rings. The first kappa shape index (κ1) is 18.3. The number of rotatable bonds is 5. The minimum Gasteiger partial charge on any atom is -0.368 e. The van der Waals surface area contributed by atoms with Crippen LogP contribution < -0.4 is 15.5 Å². The largest absolute Gasteiger partial charge is 0.368 e. The molecule has 138 valence electrons. The lowest BCUT2D eigenvalue weighted by atomic mass is 10.1. The van der Waals surface area contributed by atoms with Gasteiger partial charge in [0.2, 0.25) is 11.5 Å². The van der Waals surface area contributed by atoms with Gasteiger partial charge >= 0.3 is 0 Å². The highest BCUT2D eigenvalue weighted by atomic mass is 16.3. The van der Waals surface area contributed by atoms with Gasteiger partial charge in [0.1, 0.15) is 17.7 Å². The maximum absolute atomic E-state index is 12.3. The predicted molar refractivity (Wildman–Crippen MR) is 96.8 cm³/mol.